The Morgan fingerprint density at radius 3 is 1.61 bits per heavy atom. The highest BCUT2D eigenvalue weighted by Crippen LogP contribution is 2.45. The van der Waals surface area contributed by atoms with Gasteiger partial charge in [-0.25, -0.2) is 0 Å². The van der Waals surface area contributed by atoms with E-state index in [4.69, 9.17) is 4.98 Å². The van der Waals surface area contributed by atoms with Crippen LogP contribution in [0.5, 0.6) is 0 Å². The molecular weight excluding hydrogens is 350 g/mol. The van der Waals surface area contributed by atoms with Crippen molar-refractivity contribution in [3.8, 4) is 11.1 Å². The van der Waals surface area contributed by atoms with Gasteiger partial charge in [-0.15, -0.1) is 0 Å². The summed E-state index contributed by atoms with van der Waals surface area (Å²) in [7, 11) is 0. The molecule has 1 heterocycles. The lowest BCUT2D eigenvalue weighted by molar-refractivity contribution is 0.303. The van der Waals surface area contributed by atoms with Gasteiger partial charge in [0.2, 0.25) is 0 Å². The molecule has 2 aliphatic rings. The zero-order chi connectivity index (χ0) is 20.1. The second-order valence-corrected chi connectivity index (χ2v) is 9.63. The topological polar surface area (TPSA) is 78.1 Å². The predicted octanol–water partition coefficient (Wildman–Crippen LogP) is 5.05. The summed E-state index contributed by atoms with van der Waals surface area (Å²) in [4.78, 5) is 5.04. The summed E-state index contributed by atoms with van der Waals surface area (Å²) in [5, 5.41) is 27.0. The van der Waals surface area contributed by atoms with Crippen molar-refractivity contribution in [2.45, 2.75) is 53.4 Å². The molecule has 0 saturated heterocycles. The summed E-state index contributed by atoms with van der Waals surface area (Å²) in [5.41, 5.74) is 6.99. The van der Waals surface area contributed by atoms with Crippen LogP contribution in [-0.4, -0.2) is 26.8 Å². The molecule has 1 aromatic heterocycles. The minimum atomic E-state index is -0.0260. The van der Waals surface area contributed by atoms with Gasteiger partial charge in [-0.3, -0.25) is 4.98 Å². The summed E-state index contributed by atoms with van der Waals surface area (Å²) in [6.45, 7) is 8.70. The lowest BCUT2D eigenvalue weighted by Gasteiger charge is -2.37. The third-order valence-electron chi connectivity index (χ3n) is 5.81. The molecule has 0 atom stereocenters. The Morgan fingerprint density at radius 2 is 1.18 bits per heavy atom. The molecule has 0 fully saturated rings. The molecule has 2 N–H and O–H groups in total. The van der Waals surface area contributed by atoms with Crippen LogP contribution in [0, 0.1) is 10.8 Å². The van der Waals surface area contributed by atoms with Gasteiger partial charge in [-0.1, -0.05) is 68.3 Å². The fraction of sp³-hybridized carbons (Fsp3) is 0.435. The first-order valence-electron chi connectivity index (χ1n) is 9.78. The van der Waals surface area contributed by atoms with Crippen molar-refractivity contribution in [2.75, 3.05) is 0 Å². The molecule has 28 heavy (non-hydrogen) atoms. The molecule has 0 bridgehead atoms. The maximum Gasteiger partial charge on any atom is 0.0898 e. The number of fused-ring (bicyclic) bond motifs is 2. The van der Waals surface area contributed by atoms with E-state index in [0.29, 0.717) is 24.3 Å². The first-order valence-corrected chi connectivity index (χ1v) is 9.78. The van der Waals surface area contributed by atoms with Crippen molar-refractivity contribution in [3.05, 3.63) is 52.8 Å². The van der Waals surface area contributed by atoms with Crippen molar-refractivity contribution in [3.63, 3.8) is 0 Å². The van der Waals surface area contributed by atoms with Gasteiger partial charge in [0.15, 0.2) is 0 Å². The van der Waals surface area contributed by atoms with E-state index in [1.165, 1.54) is 0 Å². The Kier molecular flexibility index (Phi) is 4.29. The van der Waals surface area contributed by atoms with Crippen LogP contribution in [0.3, 0.4) is 0 Å². The number of aromatic nitrogens is 1. The van der Waals surface area contributed by atoms with Crippen LogP contribution in [0.1, 0.15) is 63.1 Å². The molecule has 0 spiro atoms. The van der Waals surface area contributed by atoms with Crippen LogP contribution < -0.4 is 0 Å². The van der Waals surface area contributed by atoms with Crippen LogP contribution in [-0.2, 0) is 12.8 Å². The minimum Gasteiger partial charge on any atom is -0.411 e. The van der Waals surface area contributed by atoms with E-state index in [9.17, 15) is 10.4 Å². The zero-order valence-corrected chi connectivity index (χ0v) is 17.0. The molecule has 2 aliphatic carbocycles. The predicted molar refractivity (Wildman–Crippen MR) is 111 cm³/mol. The average molecular weight is 377 g/mol. The number of rotatable bonds is 1. The molecular formula is C23H27N3O2. The molecule has 0 aliphatic heterocycles. The van der Waals surface area contributed by atoms with E-state index in [1.54, 1.807) is 0 Å². The smallest absolute Gasteiger partial charge is 0.0898 e. The fourth-order valence-corrected chi connectivity index (χ4v) is 4.74. The van der Waals surface area contributed by atoms with Crippen LogP contribution in [0.4, 0.5) is 0 Å². The largest absolute Gasteiger partial charge is 0.411 e. The number of hydrogen-bond acceptors (Lipinski definition) is 5. The third-order valence-corrected chi connectivity index (χ3v) is 5.81. The van der Waals surface area contributed by atoms with E-state index in [1.807, 2.05) is 18.2 Å². The number of oxime groups is 2. The first-order chi connectivity index (χ1) is 13.2. The van der Waals surface area contributed by atoms with Crippen LogP contribution in [0.15, 0.2) is 40.6 Å². The maximum absolute atomic E-state index is 9.83. The summed E-state index contributed by atoms with van der Waals surface area (Å²) in [6, 6.07) is 10.1. The molecule has 2 aromatic rings. The lowest BCUT2D eigenvalue weighted by atomic mass is 9.69. The molecule has 0 amide bonds. The third kappa shape index (κ3) is 3.09. The van der Waals surface area contributed by atoms with Crippen molar-refractivity contribution >= 4 is 11.4 Å². The van der Waals surface area contributed by atoms with Crippen LogP contribution >= 0.6 is 0 Å². The second kappa shape index (κ2) is 6.43. The number of hydrogen-bond donors (Lipinski definition) is 2. The molecule has 0 saturated carbocycles. The van der Waals surface area contributed by atoms with Crippen molar-refractivity contribution in [1.29, 1.82) is 0 Å². The first kappa shape index (κ1) is 18.7. The number of benzene rings is 1. The molecule has 146 valence electrons. The summed E-state index contributed by atoms with van der Waals surface area (Å²) >= 11 is 0. The van der Waals surface area contributed by atoms with Gasteiger partial charge in [-0.2, -0.15) is 0 Å². The Labute approximate surface area is 165 Å². The zero-order valence-electron chi connectivity index (χ0n) is 17.0. The van der Waals surface area contributed by atoms with E-state index in [-0.39, 0.29) is 10.8 Å². The van der Waals surface area contributed by atoms with Crippen molar-refractivity contribution < 1.29 is 10.4 Å². The Hall–Kier alpha value is -2.69. The molecule has 0 radical (unpaired) electrons. The quantitative estimate of drug-likeness (QED) is 0.539. The highest BCUT2D eigenvalue weighted by atomic mass is 16.4. The number of nitrogens with zero attached hydrogens (tertiary/aromatic N) is 3. The van der Waals surface area contributed by atoms with Gasteiger partial charge in [0, 0.05) is 16.7 Å². The van der Waals surface area contributed by atoms with Gasteiger partial charge < -0.3 is 10.4 Å². The van der Waals surface area contributed by atoms with E-state index >= 15 is 0 Å². The Balaban J connectivity index is 2.11. The van der Waals surface area contributed by atoms with Crippen LogP contribution in [0.25, 0.3) is 11.1 Å². The fourth-order valence-electron chi connectivity index (χ4n) is 4.74. The van der Waals surface area contributed by atoms with Gasteiger partial charge in [0.1, 0.15) is 0 Å². The SMILES string of the molecule is CC1(C)C/C(=N\O)c2c(nc3c(c2-c2ccccc2)/C(=N/O)CC(C)(C)C3)C1. The highest BCUT2D eigenvalue weighted by molar-refractivity contribution is 6.15. The molecule has 4 rings (SSSR count). The van der Waals surface area contributed by atoms with Crippen LogP contribution in [0.2, 0.25) is 0 Å². The minimum absolute atomic E-state index is 0.0260. The Bertz CT molecular complexity index is 930. The van der Waals surface area contributed by atoms with Gasteiger partial charge in [0.25, 0.3) is 0 Å². The molecule has 1 aromatic carbocycles. The average Bonchev–Trinajstić information content (AvgIpc) is 2.64. The maximum atomic E-state index is 9.83. The second-order valence-electron chi connectivity index (χ2n) is 9.63. The van der Waals surface area contributed by atoms with Gasteiger partial charge in [-0.05, 0) is 42.1 Å². The summed E-state index contributed by atoms with van der Waals surface area (Å²) < 4.78 is 0. The van der Waals surface area contributed by atoms with E-state index in [2.05, 4.69) is 50.1 Å². The normalized spacial score (nSPS) is 22.7. The monoisotopic (exact) mass is 377 g/mol. The summed E-state index contributed by atoms with van der Waals surface area (Å²) in [5.74, 6) is 0. The molecule has 0 unspecified atom stereocenters. The van der Waals surface area contributed by atoms with E-state index in [0.717, 1.165) is 46.5 Å². The molecule has 5 heteroatoms. The Morgan fingerprint density at radius 1 is 0.714 bits per heavy atom. The molecule has 5 nitrogen and oxygen atoms in total. The number of pyridine rings is 1. The van der Waals surface area contributed by atoms with Gasteiger partial charge in [0.05, 0.1) is 22.8 Å². The van der Waals surface area contributed by atoms with Gasteiger partial charge >= 0.3 is 0 Å². The lowest BCUT2D eigenvalue weighted by Crippen LogP contribution is -2.34. The van der Waals surface area contributed by atoms with Crippen molar-refractivity contribution in [2.24, 2.45) is 21.1 Å². The standard InChI is InChI=1S/C23H27N3O2/c1-22(2)10-15-20(17(12-22)25-27)19(14-8-6-5-7-9-14)21-16(24-15)11-23(3,4)13-18(21)26-28/h5-9,27-28H,10-13H2,1-4H3/b25-17+,26-18+. The van der Waals surface area contributed by atoms with E-state index < -0.39 is 0 Å². The highest BCUT2D eigenvalue weighted by Gasteiger charge is 2.39. The van der Waals surface area contributed by atoms with Crippen molar-refractivity contribution in [1.82, 2.24) is 4.98 Å². The summed E-state index contributed by atoms with van der Waals surface area (Å²) in [6.07, 6.45) is 2.99.